The molecule has 0 atom stereocenters. The summed E-state index contributed by atoms with van der Waals surface area (Å²) in [5, 5.41) is 5.99. The molecule has 2 amide bonds. The molecule has 0 aliphatic carbocycles. The van der Waals surface area contributed by atoms with Gasteiger partial charge in [-0.2, -0.15) is 0 Å². The monoisotopic (exact) mass is 412 g/mol. The quantitative estimate of drug-likeness (QED) is 0.649. The molecule has 6 nitrogen and oxygen atoms in total. The molecule has 8 heteroatoms. The van der Waals surface area contributed by atoms with Crippen molar-refractivity contribution in [1.29, 1.82) is 0 Å². The molecule has 3 aromatic rings. The predicted molar refractivity (Wildman–Crippen MR) is 107 cm³/mol. The predicted octanol–water partition coefficient (Wildman–Crippen LogP) is 3.44. The molecule has 1 heterocycles. The summed E-state index contributed by atoms with van der Waals surface area (Å²) in [6.07, 6.45) is 1.16. The van der Waals surface area contributed by atoms with Gasteiger partial charge in [-0.3, -0.25) is 9.59 Å². The number of aromatic nitrogens is 2. The fourth-order valence-electron chi connectivity index (χ4n) is 2.62. The minimum atomic E-state index is -0.460. The van der Waals surface area contributed by atoms with Crippen LogP contribution in [0.4, 0.5) is 4.39 Å². The third-order valence-electron chi connectivity index (χ3n) is 4.15. The van der Waals surface area contributed by atoms with E-state index in [1.807, 2.05) is 6.07 Å². The van der Waals surface area contributed by atoms with Crippen LogP contribution in [-0.4, -0.2) is 21.8 Å². The Labute approximate surface area is 172 Å². The Morgan fingerprint density at radius 3 is 2.14 bits per heavy atom. The summed E-state index contributed by atoms with van der Waals surface area (Å²) in [4.78, 5) is 32.5. The lowest BCUT2D eigenvalue weighted by atomic mass is 10.1. The van der Waals surface area contributed by atoms with Crippen LogP contribution in [0.3, 0.4) is 0 Å². The van der Waals surface area contributed by atoms with Gasteiger partial charge in [0.2, 0.25) is 0 Å². The molecule has 0 saturated heterocycles. The van der Waals surface area contributed by atoms with E-state index in [1.165, 1.54) is 12.1 Å². The standard InChI is InChI=1S/C21H18ClFN4O2/c1-13-7-15(5-6-17(13)23)11-25-21(29)19-9-18(26-12-27-19)20(28)24-10-14-3-2-4-16(22)8-14/h2-9,12H,10-11H2,1H3,(H,24,28)(H,25,29). The van der Waals surface area contributed by atoms with Crippen molar-refractivity contribution in [3.8, 4) is 0 Å². The van der Waals surface area contributed by atoms with E-state index in [0.717, 1.165) is 17.5 Å². The number of hydrogen-bond acceptors (Lipinski definition) is 4. The average molecular weight is 413 g/mol. The number of aryl methyl sites for hydroxylation is 1. The first-order valence-corrected chi connectivity index (χ1v) is 9.18. The number of benzene rings is 2. The van der Waals surface area contributed by atoms with Gasteiger partial charge in [0.1, 0.15) is 23.5 Å². The van der Waals surface area contributed by atoms with Crippen molar-refractivity contribution in [2.75, 3.05) is 0 Å². The zero-order chi connectivity index (χ0) is 20.8. The molecule has 148 valence electrons. The Hall–Kier alpha value is -3.32. The Morgan fingerprint density at radius 1 is 0.931 bits per heavy atom. The molecule has 0 aliphatic rings. The fourth-order valence-corrected chi connectivity index (χ4v) is 2.83. The van der Waals surface area contributed by atoms with Crippen molar-refractivity contribution in [1.82, 2.24) is 20.6 Å². The Morgan fingerprint density at radius 2 is 1.55 bits per heavy atom. The van der Waals surface area contributed by atoms with Gasteiger partial charge >= 0.3 is 0 Å². The zero-order valence-corrected chi connectivity index (χ0v) is 16.3. The Bertz CT molecular complexity index is 1060. The molecule has 0 unspecified atom stereocenters. The number of halogens is 2. The van der Waals surface area contributed by atoms with E-state index < -0.39 is 11.8 Å². The van der Waals surface area contributed by atoms with Gasteiger partial charge in [-0.25, -0.2) is 14.4 Å². The van der Waals surface area contributed by atoms with Crippen LogP contribution in [0.5, 0.6) is 0 Å². The van der Waals surface area contributed by atoms with Crippen molar-refractivity contribution < 1.29 is 14.0 Å². The first-order valence-electron chi connectivity index (χ1n) is 8.80. The first-order chi connectivity index (χ1) is 13.9. The molecular weight excluding hydrogens is 395 g/mol. The van der Waals surface area contributed by atoms with E-state index in [9.17, 15) is 14.0 Å². The average Bonchev–Trinajstić information content (AvgIpc) is 2.72. The van der Waals surface area contributed by atoms with Crippen LogP contribution in [0.15, 0.2) is 54.9 Å². The lowest BCUT2D eigenvalue weighted by Gasteiger charge is -2.08. The van der Waals surface area contributed by atoms with Crippen molar-refractivity contribution >= 4 is 23.4 Å². The molecule has 0 spiro atoms. The highest BCUT2D eigenvalue weighted by atomic mass is 35.5. The topological polar surface area (TPSA) is 84.0 Å². The molecule has 2 N–H and O–H groups in total. The molecule has 2 aromatic carbocycles. The van der Waals surface area contributed by atoms with E-state index in [2.05, 4.69) is 20.6 Å². The summed E-state index contributed by atoms with van der Waals surface area (Å²) in [5.41, 5.74) is 2.23. The van der Waals surface area contributed by atoms with Gasteiger partial charge in [-0.15, -0.1) is 0 Å². The summed E-state index contributed by atoms with van der Waals surface area (Å²) >= 11 is 5.93. The van der Waals surface area contributed by atoms with E-state index in [1.54, 1.807) is 37.3 Å². The maximum atomic E-state index is 13.3. The first kappa shape index (κ1) is 20.4. The molecule has 0 radical (unpaired) electrons. The van der Waals surface area contributed by atoms with E-state index in [0.29, 0.717) is 10.6 Å². The lowest BCUT2D eigenvalue weighted by Crippen LogP contribution is -2.27. The van der Waals surface area contributed by atoms with Crippen LogP contribution in [0.25, 0.3) is 0 Å². The molecule has 0 fully saturated rings. The summed E-state index contributed by atoms with van der Waals surface area (Å²) in [6.45, 7) is 2.13. The maximum Gasteiger partial charge on any atom is 0.270 e. The Kier molecular flexibility index (Phi) is 6.51. The second-order valence-corrected chi connectivity index (χ2v) is 6.80. The van der Waals surface area contributed by atoms with Crippen molar-refractivity contribution in [3.05, 3.63) is 93.8 Å². The second-order valence-electron chi connectivity index (χ2n) is 6.37. The maximum absolute atomic E-state index is 13.3. The highest BCUT2D eigenvalue weighted by molar-refractivity contribution is 6.30. The number of hydrogen-bond donors (Lipinski definition) is 2. The summed E-state index contributed by atoms with van der Waals surface area (Å²) in [5.74, 6) is -1.20. The van der Waals surface area contributed by atoms with Crippen LogP contribution in [0.1, 0.15) is 37.7 Å². The Balaban J connectivity index is 1.61. The van der Waals surface area contributed by atoms with Crippen molar-refractivity contribution in [2.45, 2.75) is 20.0 Å². The SMILES string of the molecule is Cc1cc(CNC(=O)c2cc(C(=O)NCc3cccc(Cl)c3)ncn2)ccc1F. The van der Waals surface area contributed by atoms with Gasteiger partial charge in [0, 0.05) is 24.2 Å². The highest BCUT2D eigenvalue weighted by Gasteiger charge is 2.13. The summed E-state index contributed by atoms with van der Waals surface area (Å²) in [7, 11) is 0. The van der Waals surface area contributed by atoms with Crippen LogP contribution >= 0.6 is 11.6 Å². The third kappa shape index (κ3) is 5.58. The minimum Gasteiger partial charge on any atom is -0.347 e. The molecule has 0 saturated carbocycles. The zero-order valence-electron chi connectivity index (χ0n) is 15.6. The second kappa shape index (κ2) is 9.25. The van der Waals surface area contributed by atoms with Crippen LogP contribution in [-0.2, 0) is 13.1 Å². The number of nitrogens with zero attached hydrogens (tertiary/aromatic N) is 2. The highest BCUT2D eigenvalue weighted by Crippen LogP contribution is 2.11. The van der Waals surface area contributed by atoms with Gasteiger partial charge in [0.05, 0.1) is 0 Å². The van der Waals surface area contributed by atoms with Gasteiger partial charge in [-0.05, 0) is 41.8 Å². The number of rotatable bonds is 6. The van der Waals surface area contributed by atoms with Crippen LogP contribution in [0, 0.1) is 12.7 Å². The molecular formula is C21H18ClFN4O2. The molecule has 3 rings (SSSR count). The number of carbonyl (C=O) groups is 2. The molecule has 29 heavy (non-hydrogen) atoms. The largest absolute Gasteiger partial charge is 0.347 e. The number of nitrogens with one attached hydrogen (secondary N) is 2. The van der Waals surface area contributed by atoms with Gasteiger partial charge < -0.3 is 10.6 Å². The smallest absolute Gasteiger partial charge is 0.270 e. The van der Waals surface area contributed by atoms with Crippen LogP contribution < -0.4 is 10.6 Å². The van der Waals surface area contributed by atoms with E-state index in [4.69, 9.17) is 11.6 Å². The molecule has 1 aromatic heterocycles. The molecule has 0 aliphatic heterocycles. The molecule has 0 bridgehead atoms. The summed E-state index contributed by atoms with van der Waals surface area (Å²) in [6, 6.07) is 13.0. The van der Waals surface area contributed by atoms with Crippen molar-refractivity contribution in [2.24, 2.45) is 0 Å². The van der Waals surface area contributed by atoms with Gasteiger partial charge in [0.25, 0.3) is 11.8 Å². The van der Waals surface area contributed by atoms with Gasteiger partial charge in [-0.1, -0.05) is 35.9 Å². The minimum absolute atomic E-state index is 0.0618. The van der Waals surface area contributed by atoms with E-state index in [-0.39, 0.29) is 30.3 Å². The number of carbonyl (C=O) groups excluding carboxylic acids is 2. The van der Waals surface area contributed by atoms with Crippen LogP contribution in [0.2, 0.25) is 5.02 Å². The van der Waals surface area contributed by atoms with Gasteiger partial charge in [0.15, 0.2) is 0 Å². The summed E-state index contributed by atoms with van der Waals surface area (Å²) < 4.78 is 13.3. The van der Waals surface area contributed by atoms with Crippen molar-refractivity contribution in [3.63, 3.8) is 0 Å². The van der Waals surface area contributed by atoms with E-state index >= 15 is 0 Å². The number of amides is 2. The fraction of sp³-hybridized carbons (Fsp3) is 0.143. The third-order valence-corrected chi connectivity index (χ3v) is 4.38. The lowest BCUT2D eigenvalue weighted by molar-refractivity contribution is 0.0944. The normalized spacial score (nSPS) is 10.4.